The number of hydrogen-bond acceptors (Lipinski definition) is 3. The van der Waals surface area contributed by atoms with E-state index in [4.69, 9.17) is 9.84 Å². The van der Waals surface area contributed by atoms with Crippen LogP contribution in [-0.4, -0.2) is 49.2 Å². The third-order valence-electron chi connectivity index (χ3n) is 2.05. The van der Waals surface area contributed by atoms with Crippen molar-refractivity contribution in [1.82, 2.24) is 4.90 Å². The Morgan fingerprint density at radius 1 is 1.27 bits per heavy atom. The number of nitrogens with zero attached hydrogens (tertiary/aromatic N) is 1. The zero-order valence-electron chi connectivity index (χ0n) is 9.36. The van der Waals surface area contributed by atoms with Crippen LogP contribution < -0.4 is 0 Å². The molecule has 0 aliphatic heterocycles. The summed E-state index contributed by atoms with van der Waals surface area (Å²) in [5, 5.41) is 8.42. The van der Waals surface area contributed by atoms with Gasteiger partial charge in [0.2, 0.25) is 5.91 Å². The van der Waals surface area contributed by atoms with Gasteiger partial charge in [0, 0.05) is 40.2 Å². The fourth-order valence-electron chi connectivity index (χ4n) is 1.15. The van der Waals surface area contributed by atoms with Crippen molar-refractivity contribution in [2.45, 2.75) is 25.7 Å². The number of carboxylic acids is 1. The Hall–Kier alpha value is -1.10. The summed E-state index contributed by atoms with van der Waals surface area (Å²) in [6.45, 7) is 1.08. The molecule has 0 spiro atoms. The number of aliphatic carboxylic acids is 1. The fraction of sp³-hybridized carbons (Fsp3) is 0.800. The van der Waals surface area contributed by atoms with Crippen molar-refractivity contribution in [1.29, 1.82) is 0 Å². The molecule has 15 heavy (non-hydrogen) atoms. The number of hydrogen-bond donors (Lipinski definition) is 1. The van der Waals surface area contributed by atoms with Gasteiger partial charge in [0.05, 0.1) is 0 Å². The molecule has 0 atom stereocenters. The van der Waals surface area contributed by atoms with Gasteiger partial charge in [0.1, 0.15) is 0 Å². The van der Waals surface area contributed by atoms with Gasteiger partial charge in [0.15, 0.2) is 0 Å². The first-order valence-corrected chi connectivity index (χ1v) is 5.02. The van der Waals surface area contributed by atoms with E-state index in [0.29, 0.717) is 32.4 Å². The Balaban J connectivity index is 3.55. The van der Waals surface area contributed by atoms with Crippen molar-refractivity contribution in [3.63, 3.8) is 0 Å². The molecule has 0 radical (unpaired) electrons. The summed E-state index contributed by atoms with van der Waals surface area (Å²) in [6, 6.07) is 0. The minimum Gasteiger partial charge on any atom is -0.481 e. The van der Waals surface area contributed by atoms with Crippen LogP contribution in [0, 0.1) is 0 Å². The highest BCUT2D eigenvalue weighted by Crippen LogP contribution is 1.99. The Morgan fingerprint density at radius 3 is 2.47 bits per heavy atom. The van der Waals surface area contributed by atoms with Gasteiger partial charge < -0.3 is 14.7 Å². The van der Waals surface area contributed by atoms with Crippen LogP contribution in [0.2, 0.25) is 0 Å². The number of amides is 1. The maximum atomic E-state index is 11.4. The highest BCUT2D eigenvalue weighted by Gasteiger charge is 2.08. The van der Waals surface area contributed by atoms with E-state index in [-0.39, 0.29) is 12.3 Å². The molecule has 5 nitrogen and oxygen atoms in total. The topological polar surface area (TPSA) is 66.8 Å². The van der Waals surface area contributed by atoms with Crippen molar-refractivity contribution in [3.8, 4) is 0 Å². The second kappa shape index (κ2) is 8.23. The van der Waals surface area contributed by atoms with Gasteiger partial charge in [0.25, 0.3) is 0 Å². The molecule has 88 valence electrons. The SMILES string of the molecule is COCCCC(=O)N(C)CCCC(=O)O. The molecule has 0 aliphatic carbocycles. The zero-order valence-corrected chi connectivity index (χ0v) is 9.36. The van der Waals surface area contributed by atoms with Gasteiger partial charge >= 0.3 is 5.97 Å². The number of methoxy groups -OCH3 is 1. The molecule has 0 fully saturated rings. The number of carbonyl (C=O) groups excluding carboxylic acids is 1. The number of rotatable bonds is 8. The zero-order chi connectivity index (χ0) is 11.7. The highest BCUT2D eigenvalue weighted by molar-refractivity contribution is 5.75. The number of carbonyl (C=O) groups is 2. The molecule has 0 rings (SSSR count). The predicted octanol–water partition coefficient (Wildman–Crippen LogP) is 0.736. The van der Waals surface area contributed by atoms with Crippen molar-refractivity contribution >= 4 is 11.9 Å². The second-order valence-corrected chi connectivity index (χ2v) is 3.41. The maximum Gasteiger partial charge on any atom is 0.303 e. The van der Waals surface area contributed by atoms with Crippen LogP contribution in [0.3, 0.4) is 0 Å². The van der Waals surface area contributed by atoms with Gasteiger partial charge in [-0.05, 0) is 12.8 Å². The first-order chi connectivity index (χ1) is 7.07. The minimum absolute atomic E-state index is 0.0393. The molecule has 0 heterocycles. The lowest BCUT2D eigenvalue weighted by Gasteiger charge is -2.16. The first-order valence-electron chi connectivity index (χ1n) is 5.02. The molecule has 0 aromatic carbocycles. The summed E-state index contributed by atoms with van der Waals surface area (Å²) in [7, 11) is 3.29. The average Bonchev–Trinajstić information content (AvgIpc) is 2.17. The molecule has 0 bridgehead atoms. The molecule has 0 unspecified atom stereocenters. The van der Waals surface area contributed by atoms with Crippen LogP contribution in [0.5, 0.6) is 0 Å². The second-order valence-electron chi connectivity index (χ2n) is 3.41. The molecule has 0 saturated carbocycles. The first kappa shape index (κ1) is 13.9. The van der Waals surface area contributed by atoms with Gasteiger partial charge in [-0.25, -0.2) is 0 Å². The van der Waals surface area contributed by atoms with E-state index in [1.54, 1.807) is 19.1 Å². The van der Waals surface area contributed by atoms with E-state index in [1.165, 1.54) is 0 Å². The van der Waals surface area contributed by atoms with Crippen LogP contribution >= 0.6 is 0 Å². The summed E-state index contributed by atoms with van der Waals surface area (Å²) >= 11 is 0. The largest absolute Gasteiger partial charge is 0.481 e. The Bertz CT molecular complexity index is 206. The van der Waals surface area contributed by atoms with Crippen LogP contribution in [0.15, 0.2) is 0 Å². The standard InChI is InChI=1S/C10H19NO4/c1-11(7-3-6-10(13)14)9(12)5-4-8-15-2/h3-8H2,1-2H3,(H,13,14). The van der Waals surface area contributed by atoms with Crippen molar-refractivity contribution in [2.24, 2.45) is 0 Å². The lowest BCUT2D eigenvalue weighted by molar-refractivity contribution is -0.138. The van der Waals surface area contributed by atoms with E-state index in [0.717, 1.165) is 0 Å². The predicted molar refractivity (Wildman–Crippen MR) is 55.6 cm³/mol. The van der Waals surface area contributed by atoms with Gasteiger partial charge in [-0.1, -0.05) is 0 Å². The van der Waals surface area contributed by atoms with E-state index in [2.05, 4.69) is 0 Å². The molecular formula is C10H19NO4. The summed E-state index contributed by atoms with van der Waals surface area (Å²) in [6.07, 6.45) is 1.77. The van der Waals surface area contributed by atoms with Gasteiger partial charge in [-0.15, -0.1) is 0 Å². The third-order valence-corrected chi connectivity index (χ3v) is 2.05. The monoisotopic (exact) mass is 217 g/mol. The lowest BCUT2D eigenvalue weighted by Crippen LogP contribution is -2.28. The van der Waals surface area contributed by atoms with Crippen LogP contribution in [0.4, 0.5) is 0 Å². The fourth-order valence-corrected chi connectivity index (χ4v) is 1.15. The van der Waals surface area contributed by atoms with E-state index >= 15 is 0 Å². The van der Waals surface area contributed by atoms with Crippen molar-refractivity contribution in [2.75, 3.05) is 27.3 Å². The van der Waals surface area contributed by atoms with E-state index in [9.17, 15) is 9.59 Å². The van der Waals surface area contributed by atoms with Gasteiger partial charge in [-0.3, -0.25) is 9.59 Å². The Kier molecular flexibility index (Phi) is 7.62. The molecule has 0 aromatic rings. The molecule has 0 aromatic heterocycles. The van der Waals surface area contributed by atoms with Gasteiger partial charge in [-0.2, -0.15) is 0 Å². The van der Waals surface area contributed by atoms with E-state index in [1.807, 2.05) is 0 Å². The summed E-state index contributed by atoms with van der Waals surface area (Å²) < 4.78 is 4.84. The van der Waals surface area contributed by atoms with Crippen LogP contribution in [-0.2, 0) is 14.3 Å². The molecule has 0 saturated heterocycles. The van der Waals surface area contributed by atoms with Crippen LogP contribution in [0.1, 0.15) is 25.7 Å². The molecule has 0 aliphatic rings. The molecular weight excluding hydrogens is 198 g/mol. The molecule has 1 amide bonds. The van der Waals surface area contributed by atoms with Crippen LogP contribution in [0.25, 0.3) is 0 Å². The summed E-state index contributed by atoms with van der Waals surface area (Å²) in [5.41, 5.74) is 0. The molecule has 5 heteroatoms. The quantitative estimate of drug-likeness (QED) is 0.609. The Morgan fingerprint density at radius 2 is 1.93 bits per heavy atom. The minimum atomic E-state index is -0.824. The smallest absolute Gasteiger partial charge is 0.303 e. The summed E-state index contributed by atoms with van der Waals surface area (Å²) in [4.78, 5) is 23.2. The third kappa shape index (κ3) is 7.93. The highest BCUT2D eigenvalue weighted by atomic mass is 16.5. The number of carboxylic acid groups (broad SMARTS) is 1. The maximum absolute atomic E-state index is 11.4. The normalized spacial score (nSPS) is 10.0. The lowest BCUT2D eigenvalue weighted by atomic mass is 10.2. The van der Waals surface area contributed by atoms with E-state index < -0.39 is 5.97 Å². The molecule has 1 N–H and O–H groups in total. The average molecular weight is 217 g/mol. The number of ether oxygens (including phenoxy) is 1. The Labute approximate surface area is 90.0 Å². The van der Waals surface area contributed by atoms with Crippen molar-refractivity contribution in [3.05, 3.63) is 0 Å². The van der Waals surface area contributed by atoms with Crippen molar-refractivity contribution < 1.29 is 19.4 Å². The summed E-state index contributed by atoms with van der Waals surface area (Å²) in [5.74, 6) is -0.785.